The molecule has 1 unspecified atom stereocenters. The van der Waals surface area contributed by atoms with Crippen LogP contribution in [-0.2, 0) is 9.53 Å². The van der Waals surface area contributed by atoms with Gasteiger partial charge < -0.3 is 15.4 Å². The van der Waals surface area contributed by atoms with Crippen molar-refractivity contribution in [3.05, 3.63) is 0 Å². The third-order valence-electron chi connectivity index (χ3n) is 2.64. The maximum atomic E-state index is 11.1. The number of carbonyl (C=O) groups is 1. The van der Waals surface area contributed by atoms with E-state index < -0.39 is 0 Å². The van der Waals surface area contributed by atoms with E-state index in [0.29, 0.717) is 6.61 Å². The zero-order chi connectivity index (χ0) is 10.9. The zero-order valence-electron chi connectivity index (χ0n) is 9.55. The Kier molecular flexibility index (Phi) is 6.36. The molecule has 1 aliphatic rings. The number of amides is 1. The zero-order valence-corrected chi connectivity index (χ0v) is 9.55. The summed E-state index contributed by atoms with van der Waals surface area (Å²) in [4.78, 5) is 11.1. The summed E-state index contributed by atoms with van der Waals surface area (Å²) in [7, 11) is 0. The van der Waals surface area contributed by atoms with Crippen molar-refractivity contribution in [2.45, 2.75) is 26.2 Å². The van der Waals surface area contributed by atoms with Gasteiger partial charge in [-0.2, -0.15) is 0 Å². The van der Waals surface area contributed by atoms with Gasteiger partial charge in [0.15, 0.2) is 0 Å². The Morgan fingerprint density at radius 2 is 2.47 bits per heavy atom. The van der Waals surface area contributed by atoms with Gasteiger partial charge in [0.05, 0.1) is 0 Å². The molecule has 1 heterocycles. The number of hydrogen-bond acceptors (Lipinski definition) is 3. The molecule has 1 atom stereocenters. The number of rotatable bonds is 7. The monoisotopic (exact) mass is 214 g/mol. The number of nitrogens with one attached hydrogen (secondary N) is 2. The summed E-state index contributed by atoms with van der Waals surface area (Å²) < 4.78 is 5.31. The smallest absolute Gasteiger partial charge is 0.245 e. The minimum Gasteiger partial charge on any atom is -0.372 e. The first-order valence-electron chi connectivity index (χ1n) is 5.88. The molecule has 15 heavy (non-hydrogen) atoms. The Balaban J connectivity index is 1.89. The number of ether oxygens (including phenoxy) is 1. The largest absolute Gasteiger partial charge is 0.372 e. The summed E-state index contributed by atoms with van der Waals surface area (Å²) >= 11 is 0. The van der Waals surface area contributed by atoms with Crippen molar-refractivity contribution in [2.75, 3.05) is 32.8 Å². The topological polar surface area (TPSA) is 50.4 Å². The molecule has 0 aromatic carbocycles. The van der Waals surface area contributed by atoms with Crippen molar-refractivity contribution in [1.82, 2.24) is 10.6 Å². The molecular weight excluding hydrogens is 192 g/mol. The van der Waals surface area contributed by atoms with Gasteiger partial charge >= 0.3 is 0 Å². The standard InChI is InChI=1S/C11H22N2O2/c1-2-5-13-11(14)9-15-7-4-10-3-6-12-8-10/h10,12H,2-9H2,1H3,(H,13,14). The summed E-state index contributed by atoms with van der Waals surface area (Å²) in [5, 5.41) is 6.10. The van der Waals surface area contributed by atoms with Crippen LogP contribution in [-0.4, -0.2) is 38.8 Å². The molecule has 2 N–H and O–H groups in total. The lowest BCUT2D eigenvalue weighted by atomic mass is 10.1. The Morgan fingerprint density at radius 3 is 3.13 bits per heavy atom. The van der Waals surface area contributed by atoms with Crippen molar-refractivity contribution in [2.24, 2.45) is 5.92 Å². The third-order valence-corrected chi connectivity index (χ3v) is 2.64. The van der Waals surface area contributed by atoms with E-state index in [9.17, 15) is 4.79 Å². The highest BCUT2D eigenvalue weighted by Crippen LogP contribution is 2.11. The first kappa shape index (κ1) is 12.5. The second kappa shape index (κ2) is 7.65. The number of carbonyl (C=O) groups excluding carboxylic acids is 1. The maximum Gasteiger partial charge on any atom is 0.245 e. The fraction of sp³-hybridized carbons (Fsp3) is 0.909. The van der Waals surface area contributed by atoms with E-state index >= 15 is 0 Å². The molecule has 0 aromatic rings. The SMILES string of the molecule is CCCNC(=O)COCCC1CCNC1. The Bertz CT molecular complexity index is 179. The van der Waals surface area contributed by atoms with Crippen LogP contribution in [0, 0.1) is 5.92 Å². The Hall–Kier alpha value is -0.610. The average molecular weight is 214 g/mol. The second-order valence-electron chi connectivity index (χ2n) is 4.05. The first-order valence-corrected chi connectivity index (χ1v) is 5.88. The van der Waals surface area contributed by atoms with Gasteiger partial charge in [-0.3, -0.25) is 4.79 Å². The normalized spacial score (nSPS) is 20.5. The molecular formula is C11H22N2O2. The van der Waals surface area contributed by atoms with Gasteiger partial charge in [-0.25, -0.2) is 0 Å². The van der Waals surface area contributed by atoms with Crippen LogP contribution in [0.15, 0.2) is 0 Å². The molecule has 1 fully saturated rings. The van der Waals surface area contributed by atoms with Gasteiger partial charge in [0.2, 0.25) is 5.91 Å². The van der Waals surface area contributed by atoms with Crippen molar-refractivity contribution in [1.29, 1.82) is 0 Å². The Morgan fingerprint density at radius 1 is 1.60 bits per heavy atom. The second-order valence-corrected chi connectivity index (χ2v) is 4.05. The molecule has 4 nitrogen and oxygen atoms in total. The molecule has 0 radical (unpaired) electrons. The highest BCUT2D eigenvalue weighted by molar-refractivity contribution is 5.77. The van der Waals surface area contributed by atoms with E-state index in [1.54, 1.807) is 0 Å². The van der Waals surface area contributed by atoms with E-state index in [1.807, 2.05) is 6.92 Å². The Labute approximate surface area is 91.8 Å². The van der Waals surface area contributed by atoms with Gasteiger partial charge in [-0.1, -0.05) is 6.92 Å². The fourth-order valence-corrected chi connectivity index (χ4v) is 1.69. The maximum absolute atomic E-state index is 11.1. The van der Waals surface area contributed by atoms with Crippen LogP contribution < -0.4 is 10.6 Å². The van der Waals surface area contributed by atoms with Crippen LogP contribution in [0.1, 0.15) is 26.2 Å². The van der Waals surface area contributed by atoms with E-state index in [1.165, 1.54) is 6.42 Å². The molecule has 88 valence electrons. The lowest BCUT2D eigenvalue weighted by Crippen LogP contribution is -2.28. The van der Waals surface area contributed by atoms with Crippen LogP contribution in [0.5, 0.6) is 0 Å². The van der Waals surface area contributed by atoms with Crippen LogP contribution in [0.3, 0.4) is 0 Å². The number of hydrogen-bond donors (Lipinski definition) is 2. The van der Waals surface area contributed by atoms with Crippen LogP contribution in [0.2, 0.25) is 0 Å². The molecule has 1 aliphatic heterocycles. The highest BCUT2D eigenvalue weighted by Gasteiger charge is 2.13. The van der Waals surface area contributed by atoms with Gasteiger partial charge in [0, 0.05) is 13.2 Å². The lowest BCUT2D eigenvalue weighted by Gasteiger charge is -2.08. The van der Waals surface area contributed by atoms with Crippen LogP contribution in [0.25, 0.3) is 0 Å². The van der Waals surface area contributed by atoms with Crippen LogP contribution in [0.4, 0.5) is 0 Å². The van der Waals surface area contributed by atoms with Gasteiger partial charge in [0.1, 0.15) is 6.61 Å². The minimum atomic E-state index is 0.00129. The van der Waals surface area contributed by atoms with Crippen molar-refractivity contribution < 1.29 is 9.53 Å². The average Bonchev–Trinajstić information content (AvgIpc) is 2.74. The molecule has 0 saturated carbocycles. The molecule has 0 spiro atoms. The van der Waals surface area contributed by atoms with E-state index in [0.717, 1.165) is 38.4 Å². The van der Waals surface area contributed by atoms with Crippen LogP contribution >= 0.6 is 0 Å². The summed E-state index contributed by atoms with van der Waals surface area (Å²) in [6, 6.07) is 0. The quantitative estimate of drug-likeness (QED) is 0.608. The highest BCUT2D eigenvalue weighted by atomic mass is 16.5. The summed E-state index contributed by atoms with van der Waals surface area (Å²) in [5.74, 6) is 0.741. The van der Waals surface area contributed by atoms with Gasteiger partial charge in [-0.05, 0) is 38.3 Å². The van der Waals surface area contributed by atoms with Crippen molar-refractivity contribution in [3.63, 3.8) is 0 Å². The van der Waals surface area contributed by atoms with Gasteiger partial charge in [0.25, 0.3) is 0 Å². The molecule has 4 heteroatoms. The van der Waals surface area contributed by atoms with E-state index in [2.05, 4.69) is 10.6 Å². The molecule has 1 rings (SSSR count). The molecule has 0 aliphatic carbocycles. The predicted octanol–water partition coefficient (Wildman–Crippen LogP) is 0.529. The third kappa shape index (κ3) is 5.74. The molecule has 1 amide bonds. The lowest BCUT2D eigenvalue weighted by molar-refractivity contribution is -0.125. The summed E-state index contributed by atoms with van der Waals surface area (Å²) in [6.07, 6.45) is 3.28. The summed E-state index contributed by atoms with van der Waals surface area (Å²) in [6.45, 7) is 5.92. The first-order chi connectivity index (χ1) is 7.33. The van der Waals surface area contributed by atoms with E-state index in [-0.39, 0.29) is 12.5 Å². The van der Waals surface area contributed by atoms with Crippen molar-refractivity contribution >= 4 is 5.91 Å². The van der Waals surface area contributed by atoms with Crippen molar-refractivity contribution in [3.8, 4) is 0 Å². The summed E-state index contributed by atoms with van der Waals surface area (Å²) in [5.41, 5.74) is 0. The minimum absolute atomic E-state index is 0.00129. The predicted molar refractivity (Wildman–Crippen MR) is 59.7 cm³/mol. The van der Waals surface area contributed by atoms with Gasteiger partial charge in [-0.15, -0.1) is 0 Å². The molecule has 0 bridgehead atoms. The fourth-order valence-electron chi connectivity index (χ4n) is 1.69. The molecule has 1 saturated heterocycles. The van der Waals surface area contributed by atoms with E-state index in [4.69, 9.17) is 4.74 Å². The molecule has 0 aromatic heterocycles.